The van der Waals surface area contributed by atoms with Crippen molar-refractivity contribution in [2.45, 2.75) is 26.7 Å². The van der Waals surface area contributed by atoms with Gasteiger partial charge in [-0.2, -0.15) is 0 Å². The van der Waals surface area contributed by atoms with E-state index in [-0.39, 0.29) is 11.7 Å². The molecule has 0 bridgehead atoms. The summed E-state index contributed by atoms with van der Waals surface area (Å²) in [6.07, 6.45) is 4.57. The number of carbonyl (C=O) groups is 1. The summed E-state index contributed by atoms with van der Waals surface area (Å²) < 4.78 is 1.66. The van der Waals surface area contributed by atoms with E-state index in [1.807, 2.05) is 25.1 Å². The number of fused-ring (bicyclic) bond motifs is 1. The molecule has 2 heterocycles. The predicted molar refractivity (Wildman–Crippen MR) is 100 cm³/mol. The van der Waals surface area contributed by atoms with E-state index in [1.165, 1.54) is 0 Å². The quantitative estimate of drug-likeness (QED) is 0.753. The van der Waals surface area contributed by atoms with Crippen LogP contribution in [0.2, 0.25) is 5.02 Å². The third kappa shape index (κ3) is 2.97. The number of anilines is 2. The molecule has 1 aliphatic carbocycles. The van der Waals surface area contributed by atoms with Crippen LogP contribution in [-0.4, -0.2) is 25.5 Å². The number of nitrogens with zero attached hydrogens (tertiary/aromatic N) is 4. The molecule has 4 rings (SSSR count). The fourth-order valence-electron chi connectivity index (χ4n) is 3.26. The van der Waals surface area contributed by atoms with E-state index in [0.29, 0.717) is 34.5 Å². The second-order valence-corrected chi connectivity index (χ2v) is 7.08. The first-order chi connectivity index (χ1) is 12.5. The van der Waals surface area contributed by atoms with Crippen LogP contribution in [0.5, 0.6) is 0 Å². The number of Topliss-reactive ketones (excluding diaryl/α,β-unsaturated/α-hetero) is 1. The van der Waals surface area contributed by atoms with Crippen LogP contribution in [0.15, 0.2) is 36.7 Å². The topological polar surface area (TPSA) is 72.7 Å². The Balaban J connectivity index is 1.84. The van der Waals surface area contributed by atoms with E-state index in [4.69, 9.17) is 11.6 Å². The molecule has 0 radical (unpaired) electrons. The number of aromatic nitrogens is 4. The first-order valence-electron chi connectivity index (χ1n) is 8.48. The van der Waals surface area contributed by atoms with Crippen LogP contribution >= 0.6 is 11.6 Å². The molecule has 1 atom stereocenters. The Bertz CT molecular complexity index is 983. The summed E-state index contributed by atoms with van der Waals surface area (Å²) in [5.74, 6) is 1.28. The standard InChI is InChI=1S/C19H18ClN5O/c1-11-4-5-14(13(20)8-11)23-18-17-15(9-12(2)10-16(17)26)25(24-18)19-21-6-3-7-22-19/h3-8,12H,9-10H2,1-2H3,(H,23,24). The van der Waals surface area contributed by atoms with Crippen molar-refractivity contribution in [3.8, 4) is 5.95 Å². The monoisotopic (exact) mass is 367 g/mol. The minimum absolute atomic E-state index is 0.0756. The highest BCUT2D eigenvalue weighted by Crippen LogP contribution is 2.34. The highest BCUT2D eigenvalue weighted by atomic mass is 35.5. The molecule has 2 aromatic heterocycles. The van der Waals surface area contributed by atoms with E-state index in [9.17, 15) is 4.79 Å². The Kier molecular flexibility index (Phi) is 4.20. The number of ketones is 1. The zero-order valence-corrected chi connectivity index (χ0v) is 15.3. The van der Waals surface area contributed by atoms with E-state index in [0.717, 1.165) is 17.7 Å². The number of carbonyl (C=O) groups excluding carboxylic acids is 1. The first-order valence-corrected chi connectivity index (χ1v) is 8.86. The summed E-state index contributed by atoms with van der Waals surface area (Å²) in [6, 6.07) is 7.47. The summed E-state index contributed by atoms with van der Waals surface area (Å²) in [5, 5.41) is 8.41. The molecule has 1 unspecified atom stereocenters. The van der Waals surface area contributed by atoms with Gasteiger partial charge >= 0.3 is 0 Å². The second-order valence-electron chi connectivity index (χ2n) is 6.68. The van der Waals surface area contributed by atoms with Crippen molar-refractivity contribution in [1.29, 1.82) is 0 Å². The van der Waals surface area contributed by atoms with Gasteiger partial charge in [0.05, 0.1) is 22.0 Å². The van der Waals surface area contributed by atoms with Gasteiger partial charge in [-0.15, -0.1) is 5.10 Å². The van der Waals surface area contributed by atoms with Gasteiger partial charge in [-0.05, 0) is 43.0 Å². The van der Waals surface area contributed by atoms with Crippen molar-refractivity contribution in [2.75, 3.05) is 5.32 Å². The Morgan fingerprint density at radius 2 is 2.00 bits per heavy atom. The van der Waals surface area contributed by atoms with Crippen molar-refractivity contribution < 1.29 is 4.79 Å². The van der Waals surface area contributed by atoms with Gasteiger partial charge in [-0.25, -0.2) is 14.6 Å². The normalized spacial score (nSPS) is 16.4. The van der Waals surface area contributed by atoms with Crippen LogP contribution in [-0.2, 0) is 6.42 Å². The number of halogens is 1. The van der Waals surface area contributed by atoms with Crippen LogP contribution in [0.3, 0.4) is 0 Å². The van der Waals surface area contributed by atoms with Crippen LogP contribution in [0.1, 0.15) is 35.0 Å². The number of nitrogens with one attached hydrogen (secondary N) is 1. The lowest BCUT2D eigenvalue weighted by Gasteiger charge is -2.18. The molecule has 0 fully saturated rings. The second kappa shape index (κ2) is 6.53. The zero-order valence-electron chi connectivity index (χ0n) is 14.5. The van der Waals surface area contributed by atoms with Gasteiger partial charge in [-0.1, -0.05) is 24.6 Å². The molecule has 1 aliphatic rings. The maximum Gasteiger partial charge on any atom is 0.250 e. The summed E-state index contributed by atoms with van der Waals surface area (Å²) >= 11 is 6.34. The van der Waals surface area contributed by atoms with Gasteiger partial charge in [0.15, 0.2) is 11.6 Å². The Hall–Kier alpha value is -2.73. The van der Waals surface area contributed by atoms with Crippen molar-refractivity contribution in [1.82, 2.24) is 19.7 Å². The molecule has 0 amide bonds. The van der Waals surface area contributed by atoms with Crippen LogP contribution in [0.25, 0.3) is 5.95 Å². The average Bonchev–Trinajstić information content (AvgIpc) is 2.96. The molecule has 132 valence electrons. The number of aryl methyl sites for hydroxylation is 1. The molecule has 6 nitrogen and oxygen atoms in total. The fraction of sp³-hybridized carbons (Fsp3) is 0.263. The maximum absolute atomic E-state index is 12.7. The molecule has 0 spiro atoms. The Labute approximate surface area is 156 Å². The highest BCUT2D eigenvalue weighted by Gasteiger charge is 2.31. The lowest BCUT2D eigenvalue weighted by molar-refractivity contribution is 0.0953. The number of rotatable bonds is 3. The highest BCUT2D eigenvalue weighted by molar-refractivity contribution is 6.33. The van der Waals surface area contributed by atoms with Gasteiger partial charge < -0.3 is 5.32 Å². The summed E-state index contributed by atoms with van der Waals surface area (Å²) in [6.45, 7) is 4.04. The van der Waals surface area contributed by atoms with E-state index in [1.54, 1.807) is 23.1 Å². The van der Waals surface area contributed by atoms with E-state index >= 15 is 0 Å². The number of benzene rings is 1. The van der Waals surface area contributed by atoms with Gasteiger partial charge in [-0.3, -0.25) is 4.79 Å². The SMILES string of the molecule is Cc1ccc(Nc2nn(-c3ncccn3)c3c2C(=O)CC(C)C3)c(Cl)c1. The molecule has 1 aromatic carbocycles. The molecule has 26 heavy (non-hydrogen) atoms. The van der Waals surface area contributed by atoms with E-state index in [2.05, 4.69) is 27.3 Å². The largest absolute Gasteiger partial charge is 0.337 e. The van der Waals surface area contributed by atoms with Gasteiger partial charge in [0.2, 0.25) is 0 Å². The molecule has 0 saturated carbocycles. The van der Waals surface area contributed by atoms with Crippen LogP contribution < -0.4 is 5.32 Å². The summed E-state index contributed by atoms with van der Waals surface area (Å²) in [7, 11) is 0. The van der Waals surface area contributed by atoms with Crippen molar-refractivity contribution in [2.24, 2.45) is 5.92 Å². The van der Waals surface area contributed by atoms with Gasteiger partial charge in [0, 0.05) is 18.8 Å². The van der Waals surface area contributed by atoms with Crippen LogP contribution in [0.4, 0.5) is 11.5 Å². The Morgan fingerprint density at radius 3 is 2.73 bits per heavy atom. The third-order valence-electron chi connectivity index (χ3n) is 4.45. The van der Waals surface area contributed by atoms with Crippen molar-refractivity contribution in [3.63, 3.8) is 0 Å². The smallest absolute Gasteiger partial charge is 0.250 e. The predicted octanol–water partition coefficient (Wildman–Crippen LogP) is 4.13. The molecule has 0 saturated heterocycles. The molecular formula is C19H18ClN5O. The van der Waals surface area contributed by atoms with E-state index < -0.39 is 0 Å². The lowest BCUT2D eigenvalue weighted by atomic mass is 9.88. The van der Waals surface area contributed by atoms with Crippen molar-refractivity contribution >= 4 is 28.9 Å². The average molecular weight is 368 g/mol. The molecule has 3 aromatic rings. The van der Waals surface area contributed by atoms with Crippen molar-refractivity contribution in [3.05, 3.63) is 58.5 Å². The van der Waals surface area contributed by atoms with Gasteiger partial charge in [0.25, 0.3) is 5.95 Å². The summed E-state index contributed by atoms with van der Waals surface area (Å²) in [4.78, 5) is 21.3. The summed E-state index contributed by atoms with van der Waals surface area (Å²) in [5.41, 5.74) is 3.22. The minimum atomic E-state index is 0.0756. The first kappa shape index (κ1) is 16.7. The molecule has 7 heteroatoms. The maximum atomic E-state index is 12.7. The molecule has 0 aliphatic heterocycles. The van der Waals surface area contributed by atoms with Crippen LogP contribution in [0, 0.1) is 12.8 Å². The van der Waals surface area contributed by atoms with Gasteiger partial charge in [0.1, 0.15) is 0 Å². The molecular weight excluding hydrogens is 350 g/mol. The lowest BCUT2D eigenvalue weighted by Crippen LogP contribution is -2.20. The third-order valence-corrected chi connectivity index (χ3v) is 4.77. The molecule has 1 N–H and O–H groups in total. The Morgan fingerprint density at radius 1 is 1.23 bits per heavy atom. The number of hydrogen-bond donors (Lipinski definition) is 1. The minimum Gasteiger partial charge on any atom is -0.337 e. The fourth-order valence-corrected chi connectivity index (χ4v) is 3.54. The zero-order chi connectivity index (χ0) is 18.3. The number of hydrogen-bond acceptors (Lipinski definition) is 5.